The van der Waals surface area contributed by atoms with Crippen molar-refractivity contribution in [1.29, 1.82) is 0 Å². The van der Waals surface area contributed by atoms with E-state index < -0.39 is 0 Å². The first-order chi connectivity index (χ1) is 12.6. The zero-order chi connectivity index (χ0) is 18.1. The van der Waals surface area contributed by atoms with Crippen molar-refractivity contribution in [2.45, 2.75) is 51.5 Å². The Labute approximate surface area is 154 Å². The van der Waals surface area contributed by atoms with E-state index in [0.29, 0.717) is 12.0 Å². The van der Waals surface area contributed by atoms with Crippen LogP contribution in [0.2, 0.25) is 0 Å². The first-order valence-corrected chi connectivity index (χ1v) is 9.80. The largest absolute Gasteiger partial charge is 0.356 e. The van der Waals surface area contributed by atoms with Gasteiger partial charge in [-0.2, -0.15) is 5.10 Å². The Hall–Kier alpha value is -2.18. The predicted molar refractivity (Wildman–Crippen MR) is 101 cm³/mol. The number of amides is 1. The van der Waals surface area contributed by atoms with Crippen LogP contribution in [0.3, 0.4) is 0 Å². The number of aromatic nitrogens is 4. The van der Waals surface area contributed by atoms with E-state index in [1.165, 1.54) is 12.8 Å². The summed E-state index contributed by atoms with van der Waals surface area (Å²) in [7, 11) is 1.91. The first kappa shape index (κ1) is 17.2. The molecule has 2 aliphatic rings. The minimum absolute atomic E-state index is 0.243. The lowest BCUT2D eigenvalue weighted by atomic mass is 9.86. The van der Waals surface area contributed by atoms with Crippen LogP contribution in [0.1, 0.15) is 45.4 Å². The molecule has 0 N–H and O–H groups in total. The summed E-state index contributed by atoms with van der Waals surface area (Å²) in [4.78, 5) is 25.5. The fourth-order valence-corrected chi connectivity index (χ4v) is 4.71. The number of hydrogen-bond acceptors (Lipinski definition) is 5. The number of carbonyl (C=O) groups is 1. The molecule has 7 heteroatoms. The van der Waals surface area contributed by atoms with Gasteiger partial charge in [-0.05, 0) is 31.6 Å². The molecule has 140 valence electrons. The van der Waals surface area contributed by atoms with Crippen molar-refractivity contribution < 1.29 is 4.79 Å². The maximum atomic E-state index is 12.1. The molecule has 0 spiro atoms. The molecule has 26 heavy (non-hydrogen) atoms. The summed E-state index contributed by atoms with van der Waals surface area (Å²) in [6.07, 6.45) is 10.5. The molecule has 2 fully saturated rings. The van der Waals surface area contributed by atoms with E-state index in [2.05, 4.69) is 24.9 Å². The van der Waals surface area contributed by atoms with Crippen molar-refractivity contribution in [2.24, 2.45) is 13.0 Å². The van der Waals surface area contributed by atoms with Crippen molar-refractivity contribution in [1.82, 2.24) is 24.6 Å². The SMILES string of the molecule is CC(=O)N1CCCCC[C@@H]1C1CCN(c2ncnc3c2cnn3C)CC1. The molecule has 2 aromatic rings. The highest BCUT2D eigenvalue weighted by Crippen LogP contribution is 2.32. The topological polar surface area (TPSA) is 67.2 Å². The highest BCUT2D eigenvalue weighted by atomic mass is 16.2. The lowest BCUT2D eigenvalue weighted by Gasteiger charge is -2.40. The monoisotopic (exact) mass is 356 g/mol. The molecule has 0 radical (unpaired) electrons. The molecule has 2 saturated heterocycles. The number of carbonyl (C=O) groups excluding carboxylic acids is 1. The van der Waals surface area contributed by atoms with Gasteiger partial charge in [-0.15, -0.1) is 0 Å². The molecule has 0 aliphatic carbocycles. The van der Waals surface area contributed by atoms with Crippen LogP contribution in [-0.4, -0.2) is 56.2 Å². The minimum Gasteiger partial charge on any atom is -0.356 e. The Morgan fingerprint density at radius 2 is 1.88 bits per heavy atom. The average Bonchev–Trinajstić information content (AvgIpc) is 2.88. The number of nitrogens with zero attached hydrogens (tertiary/aromatic N) is 6. The Balaban J connectivity index is 1.48. The zero-order valence-electron chi connectivity index (χ0n) is 15.8. The van der Waals surface area contributed by atoms with Crippen molar-refractivity contribution >= 4 is 22.8 Å². The van der Waals surface area contributed by atoms with Crippen LogP contribution in [0.5, 0.6) is 0 Å². The number of piperidine rings is 1. The van der Waals surface area contributed by atoms with Crippen molar-refractivity contribution in [3.05, 3.63) is 12.5 Å². The second-order valence-electron chi connectivity index (χ2n) is 7.66. The fraction of sp³-hybridized carbons (Fsp3) is 0.684. The van der Waals surface area contributed by atoms with Crippen LogP contribution >= 0.6 is 0 Å². The Kier molecular flexibility index (Phi) is 4.78. The van der Waals surface area contributed by atoms with Gasteiger partial charge in [0.15, 0.2) is 5.65 Å². The molecular weight excluding hydrogens is 328 g/mol. The van der Waals surface area contributed by atoms with E-state index >= 15 is 0 Å². The van der Waals surface area contributed by atoms with Crippen molar-refractivity contribution in [2.75, 3.05) is 24.5 Å². The van der Waals surface area contributed by atoms with E-state index in [-0.39, 0.29) is 5.91 Å². The zero-order valence-corrected chi connectivity index (χ0v) is 15.8. The standard InChI is InChI=1S/C19H28N6O/c1-14(26)25-9-5-3-4-6-17(25)15-7-10-24(11-8-15)19-16-12-22-23(2)18(16)20-13-21-19/h12-13,15,17H,3-11H2,1-2H3/t17-/m1/s1. The predicted octanol–water partition coefficient (Wildman–Crippen LogP) is 2.37. The highest BCUT2D eigenvalue weighted by Gasteiger charge is 2.33. The van der Waals surface area contributed by atoms with Crippen LogP contribution in [-0.2, 0) is 11.8 Å². The lowest BCUT2D eigenvalue weighted by Crippen LogP contribution is -2.47. The van der Waals surface area contributed by atoms with Crippen LogP contribution in [0.15, 0.2) is 12.5 Å². The molecule has 0 bridgehead atoms. The molecule has 4 heterocycles. The van der Waals surface area contributed by atoms with Crippen LogP contribution in [0, 0.1) is 5.92 Å². The van der Waals surface area contributed by atoms with Gasteiger partial charge in [-0.3, -0.25) is 9.48 Å². The number of rotatable bonds is 2. The second kappa shape index (κ2) is 7.21. The van der Waals surface area contributed by atoms with Gasteiger partial charge in [0.05, 0.1) is 11.6 Å². The summed E-state index contributed by atoms with van der Waals surface area (Å²) in [5, 5.41) is 5.34. The fourth-order valence-electron chi connectivity index (χ4n) is 4.71. The number of aryl methyl sites for hydroxylation is 1. The van der Waals surface area contributed by atoms with Gasteiger partial charge in [0.1, 0.15) is 12.1 Å². The summed E-state index contributed by atoms with van der Waals surface area (Å²) in [6.45, 7) is 4.62. The quantitative estimate of drug-likeness (QED) is 0.826. The molecule has 0 aromatic carbocycles. The molecule has 2 aromatic heterocycles. The van der Waals surface area contributed by atoms with Crippen molar-refractivity contribution in [3.8, 4) is 0 Å². The van der Waals surface area contributed by atoms with Crippen LogP contribution in [0.25, 0.3) is 11.0 Å². The number of anilines is 1. The molecule has 4 rings (SSSR count). The number of fused-ring (bicyclic) bond motifs is 1. The molecular formula is C19H28N6O. The molecule has 0 unspecified atom stereocenters. The third kappa shape index (κ3) is 3.15. The normalized spacial score (nSPS) is 22.6. The van der Waals surface area contributed by atoms with Crippen LogP contribution < -0.4 is 4.90 Å². The maximum absolute atomic E-state index is 12.1. The molecule has 0 saturated carbocycles. The van der Waals surface area contributed by atoms with E-state index in [4.69, 9.17) is 0 Å². The molecule has 1 atom stereocenters. The summed E-state index contributed by atoms with van der Waals surface area (Å²) >= 11 is 0. The van der Waals surface area contributed by atoms with Gasteiger partial charge in [0.2, 0.25) is 5.91 Å². The van der Waals surface area contributed by atoms with E-state index in [9.17, 15) is 4.79 Å². The van der Waals surface area contributed by atoms with E-state index in [1.54, 1.807) is 17.9 Å². The Bertz CT molecular complexity index is 779. The van der Waals surface area contributed by atoms with Gasteiger partial charge < -0.3 is 9.80 Å². The third-order valence-electron chi connectivity index (χ3n) is 6.10. The average molecular weight is 356 g/mol. The highest BCUT2D eigenvalue weighted by molar-refractivity contribution is 5.86. The minimum atomic E-state index is 0.243. The molecule has 7 nitrogen and oxygen atoms in total. The van der Waals surface area contributed by atoms with Gasteiger partial charge >= 0.3 is 0 Å². The van der Waals surface area contributed by atoms with Crippen molar-refractivity contribution in [3.63, 3.8) is 0 Å². The van der Waals surface area contributed by atoms with Gasteiger partial charge in [-0.1, -0.05) is 12.8 Å². The molecule has 2 aliphatic heterocycles. The number of hydrogen-bond donors (Lipinski definition) is 0. The smallest absolute Gasteiger partial charge is 0.219 e. The summed E-state index contributed by atoms with van der Waals surface area (Å²) in [6, 6.07) is 0.418. The van der Waals surface area contributed by atoms with Gasteiger partial charge in [-0.25, -0.2) is 9.97 Å². The third-order valence-corrected chi connectivity index (χ3v) is 6.10. The van der Waals surface area contributed by atoms with Gasteiger partial charge in [0, 0.05) is 39.6 Å². The van der Waals surface area contributed by atoms with Crippen LogP contribution in [0.4, 0.5) is 5.82 Å². The summed E-state index contributed by atoms with van der Waals surface area (Å²) in [5.41, 5.74) is 0.878. The summed E-state index contributed by atoms with van der Waals surface area (Å²) < 4.78 is 1.80. The Morgan fingerprint density at radius 1 is 1.08 bits per heavy atom. The van der Waals surface area contributed by atoms with E-state index in [0.717, 1.165) is 62.2 Å². The second-order valence-corrected chi connectivity index (χ2v) is 7.66. The Morgan fingerprint density at radius 3 is 2.65 bits per heavy atom. The maximum Gasteiger partial charge on any atom is 0.219 e. The molecule has 1 amide bonds. The number of likely N-dealkylation sites (tertiary alicyclic amines) is 1. The van der Waals surface area contributed by atoms with E-state index in [1.807, 2.05) is 13.2 Å². The summed E-state index contributed by atoms with van der Waals surface area (Å²) in [5.74, 6) is 1.83. The first-order valence-electron chi connectivity index (χ1n) is 9.80. The lowest BCUT2D eigenvalue weighted by molar-refractivity contribution is -0.132. The van der Waals surface area contributed by atoms with Gasteiger partial charge in [0.25, 0.3) is 0 Å².